The third-order valence-electron chi connectivity index (χ3n) is 4.16. The lowest BCUT2D eigenvalue weighted by molar-refractivity contribution is 0.457. The monoisotopic (exact) mass is 343 g/mol. The summed E-state index contributed by atoms with van der Waals surface area (Å²) in [5.41, 5.74) is 1.88. The van der Waals surface area contributed by atoms with E-state index in [1.54, 1.807) is 18.2 Å². The van der Waals surface area contributed by atoms with Gasteiger partial charge in [0.25, 0.3) is 0 Å². The number of aromatic hydroxyl groups is 1. The van der Waals surface area contributed by atoms with Gasteiger partial charge in [-0.3, -0.25) is 4.99 Å². The second-order valence-corrected chi connectivity index (χ2v) is 5.64. The van der Waals surface area contributed by atoms with Crippen LogP contribution in [0, 0.1) is 11.6 Å². The lowest BCUT2D eigenvalue weighted by atomic mass is 10.2. The van der Waals surface area contributed by atoms with E-state index in [4.69, 9.17) is 0 Å². The molecule has 0 aliphatic rings. The molecular formula is C19H19F2N3O. The molecule has 1 aromatic heterocycles. The van der Waals surface area contributed by atoms with Gasteiger partial charge in [-0.05, 0) is 44.2 Å². The van der Waals surface area contributed by atoms with Crippen LogP contribution in [0.2, 0.25) is 0 Å². The highest BCUT2D eigenvalue weighted by Gasteiger charge is 2.11. The van der Waals surface area contributed by atoms with E-state index in [1.807, 2.05) is 18.7 Å². The molecule has 0 radical (unpaired) electrons. The number of aliphatic imine (C=N–C) groups is 1. The van der Waals surface area contributed by atoms with Crippen molar-refractivity contribution in [2.75, 3.05) is 18.0 Å². The minimum atomic E-state index is -0.397. The van der Waals surface area contributed by atoms with E-state index >= 15 is 0 Å². The molecule has 130 valence electrons. The second kappa shape index (κ2) is 6.93. The number of fused-ring (bicyclic) bond motifs is 1. The van der Waals surface area contributed by atoms with Crippen molar-refractivity contribution in [1.29, 1.82) is 0 Å². The van der Waals surface area contributed by atoms with Crippen LogP contribution in [-0.2, 0) is 0 Å². The van der Waals surface area contributed by atoms with Gasteiger partial charge in [-0.25, -0.2) is 8.78 Å². The number of H-pyrrole nitrogens is 1. The summed E-state index contributed by atoms with van der Waals surface area (Å²) in [5, 5.41) is 10.6. The number of halogens is 2. The molecule has 3 aromatic rings. The summed E-state index contributed by atoms with van der Waals surface area (Å²) in [5.74, 6) is -0.848. The molecule has 6 heteroatoms. The summed E-state index contributed by atoms with van der Waals surface area (Å²) >= 11 is 0. The number of aromatic nitrogens is 1. The zero-order valence-electron chi connectivity index (χ0n) is 14.1. The van der Waals surface area contributed by atoms with Gasteiger partial charge in [0.1, 0.15) is 11.6 Å². The fourth-order valence-corrected chi connectivity index (χ4v) is 2.84. The highest BCUT2D eigenvalue weighted by atomic mass is 19.1. The van der Waals surface area contributed by atoms with Crippen molar-refractivity contribution in [3.8, 4) is 5.88 Å². The van der Waals surface area contributed by atoms with Crippen LogP contribution in [0.25, 0.3) is 10.9 Å². The zero-order valence-corrected chi connectivity index (χ0v) is 14.1. The van der Waals surface area contributed by atoms with E-state index in [2.05, 4.69) is 9.98 Å². The minimum Gasteiger partial charge on any atom is -0.494 e. The van der Waals surface area contributed by atoms with Crippen LogP contribution in [0.1, 0.15) is 19.4 Å². The highest BCUT2D eigenvalue weighted by Crippen LogP contribution is 2.28. The maximum Gasteiger partial charge on any atom is 0.198 e. The number of hydrogen-bond donors (Lipinski definition) is 2. The van der Waals surface area contributed by atoms with Crippen LogP contribution in [0.3, 0.4) is 0 Å². The lowest BCUT2D eigenvalue weighted by Gasteiger charge is -2.21. The van der Waals surface area contributed by atoms with Gasteiger partial charge in [0.05, 0.1) is 22.5 Å². The van der Waals surface area contributed by atoms with Gasteiger partial charge in [-0.2, -0.15) is 0 Å². The topological polar surface area (TPSA) is 51.6 Å². The summed E-state index contributed by atoms with van der Waals surface area (Å²) in [7, 11) is 0. The summed E-state index contributed by atoms with van der Waals surface area (Å²) in [6, 6.07) is 8.94. The van der Waals surface area contributed by atoms with E-state index in [1.165, 1.54) is 24.4 Å². The van der Waals surface area contributed by atoms with Crippen molar-refractivity contribution in [3.63, 3.8) is 0 Å². The Balaban J connectivity index is 1.92. The summed E-state index contributed by atoms with van der Waals surface area (Å²) < 4.78 is 27.6. The van der Waals surface area contributed by atoms with Crippen molar-refractivity contribution in [2.24, 2.45) is 4.99 Å². The summed E-state index contributed by atoms with van der Waals surface area (Å²) in [6.07, 6.45) is 1.44. The maximum atomic E-state index is 14.3. The van der Waals surface area contributed by atoms with Crippen LogP contribution >= 0.6 is 0 Å². The number of hydrogen-bond acceptors (Lipinski definition) is 3. The van der Waals surface area contributed by atoms with Crippen LogP contribution in [0.15, 0.2) is 41.4 Å². The Morgan fingerprint density at radius 2 is 1.88 bits per heavy atom. The van der Waals surface area contributed by atoms with Gasteiger partial charge in [0, 0.05) is 30.8 Å². The number of nitrogens with one attached hydrogen (secondary N) is 1. The molecule has 0 aliphatic carbocycles. The van der Waals surface area contributed by atoms with Gasteiger partial charge in [0.15, 0.2) is 5.88 Å². The standard InChI is InChI=1S/C19H19F2N3O/c1-3-24(4-2)18-8-6-13(10-16(18)21)22-11-15-14-7-5-12(20)9-17(14)23-19(15)25/h5-11,23,25H,3-4H2,1-2H3. The fourth-order valence-electron chi connectivity index (χ4n) is 2.84. The Labute approximate surface area is 144 Å². The van der Waals surface area contributed by atoms with Crippen molar-refractivity contribution >= 4 is 28.5 Å². The lowest BCUT2D eigenvalue weighted by Crippen LogP contribution is -2.22. The third-order valence-corrected chi connectivity index (χ3v) is 4.16. The molecule has 0 atom stereocenters. The molecule has 0 bridgehead atoms. The molecule has 0 amide bonds. The average Bonchev–Trinajstić information content (AvgIpc) is 2.90. The van der Waals surface area contributed by atoms with Crippen LogP contribution < -0.4 is 4.90 Å². The molecule has 0 spiro atoms. The molecular weight excluding hydrogens is 324 g/mol. The number of aromatic amines is 1. The molecule has 0 fully saturated rings. The molecule has 2 aromatic carbocycles. The molecule has 0 aliphatic heterocycles. The first-order valence-electron chi connectivity index (χ1n) is 8.12. The van der Waals surface area contributed by atoms with Gasteiger partial charge in [-0.15, -0.1) is 0 Å². The zero-order chi connectivity index (χ0) is 18.0. The molecule has 1 heterocycles. The van der Waals surface area contributed by atoms with E-state index < -0.39 is 5.82 Å². The summed E-state index contributed by atoms with van der Waals surface area (Å²) in [4.78, 5) is 8.86. The van der Waals surface area contributed by atoms with Crippen molar-refractivity contribution in [3.05, 3.63) is 53.6 Å². The first-order valence-corrected chi connectivity index (χ1v) is 8.12. The Kier molecular flexibility index (Phi) is 4.70. The Morgan fingerprint density at radius 3 is 2.56 bits per heavy atom. The second-order valence-electron chi connectivity index (χ2n) is 5.64. The molecule has 3 rings (SSSR count). The molecule has 0 saturated carbocycles. The van der Waals surface area contributed by atoms with E-state index in [9.17, 15) is 13.9 Å². The SMILES string of the molecule is CCN(CC)c1ccc(N=Cc2c(O)[nH]c3cc(F)ccc23)cc1F. The van der Waals surface area contributed by atoms with Crippen LogP contribution in [-0.4, -0.2) is 29.4 Å². The normalized spacial score (nSPS) is 11.5. The number of anilines is 1. The first-order chi connectivity index (χ1) is 12.0. The smallest absolute Gasteiger partial charge is 0.198 e. The van der Waals surface area contributed by atoms with Gasteiger partial charge in [-0.1, -0.05) is 0 Å². The minimum absolute atomic E-state index is 0.107. The molecule has 2 N–H and O–H groups in total. The van der Waals surface area contributed by atoms with E-state index in [0.717, 1.165) is 13.1 Å². The summed E-state index contributed by atoms with van der Waals surface area (Å²) in [6.45, 7) is 5.38. The van der Waals surface area contributed by atoms with Crippen LogP contribution in [0.4, 0.5) is 20.2 Å². The predicted molar refractivity (Wildman–Crippen MR) is 97.1 cm³/mol. The van der Waals surface area contributed by atoms with Gasteiger partial charge < -0.3 is 15.0 Å². The molecule has 25 heavy (non-hydrogen) atoms. The van der Waals surface area contributed by atoms with E-state index in [-0.39, 0.29) is 11.7 Å². The molecule has 4 nitrogen and oxygen atoms in total. The van der Waals surface area contributed by atoms with Crippen molar-refractivity contribution in [1.82, 2.24) is 4.98 Å². The Hall–Kier alpha value is -2.89. The molecule has 0 unspecified atom stereocenters. The predicted octanol–water partition coefficient (Wildman–Crippen LogP) is 4.75. The quantitative estimate of drug-likeness (QED) is 0.657. The Morgan fingerprint density at radius 1 is 1.12 bits per heavy atom. The maximum absolute atomic E-state index is 14.3. The average molecular weight is 343 g/mol. The van der Waals surface area contributed by atoms with Gasteiger partial charge >= 0.3 is 0 Å². The van der Waals surface area contributed by atoms with E-state index in [0.29, 0.717) is 27.8 Å². The molecule has 0 saturated heterocycles. The number of benzene rings is 2. The van der Waals surface area contributed by atoms with Crippen molar-refractivity contribution in [2.45, 2.75) is 13.8 Å². The third kappa shape index (κ3) is 3.33. The first kappa shape index (κ1) is 17.0. The number of nitrogens with zero attached hydrogens (tertiary/aromatic N) is 2. The van der Waals surface area contributed by atoms with Crippen molar-refractivity contribution < 1.29 is 13.9 Å². The highest BCUT2D eigenvalue weighted by molar-refractivity contribution is 6.02. The number of rotatable bonds is 5. The Bertz CT molecular complexity index is 930. The fraction of sp³-hybridized carbons (Fsp3) is 0.211. The van der Waals surface area contributed by atoms with Gasteiger partial charge in [0.2, 0.25) is 0 Å². The van der Waals surface area contributed by atoms with Crippen LogP contribution in [0.5, 0.6) is 5.88 Å². The largest absolute Gasteiger partial charge is 0.494 e.